The van der Waals surface area contributed by atoms with Crippen LogP contribution in [0.3, 0.4) is 0 Å². The van der Waals surface area contributed by atoms with Crippen LogP contribution in [0.5, 0.6) is 0 Å². The number of rotatable bonds is 3. The molecule has 1 atom stereocenters. The topological polar surface area (TPSA) is 49.5 Å². The van der Waals surface area contributed by atoms with Crippen molar-refractivity contribution in [3.63, 3.8) is 0 Å². The maximum Gasteiger partial charge on any atom is 0.130 e. The highest BCUT2D eigenvalue weighted by Crippen LogP contribution is 2.39. The second-order valence-electron chi connectivity index (χ2n) is 5.31. The van der Waals surface area contributed by atoms with Crippen molar-refractivity contribution in [2.45, 2.75) is 32.0 Å². The molecule has 1 aromatic rings. The monoisotopic (exact) mass is 256 g/mol. The molecule has 1 unspecified atom stereocenters. The molecule has 1 aliphatic heterocycles. The quantitative estimate of drug-likeness (QED) is 0.862. The molecule has 0 fully saturated rings. The zero-order valence-corrected chi connectivity index (χ0v) is 10.6. The third-order valence-corrected chi connectivity index (χ3v) is 3.65. The Morgan fingerprint density at radius 1 is 1.44 bits per heavy atom. The fourth-order valence-corrected chi connectivity index (χ4v) is 2.52. The summed E-state index contributed by atoms with van der Waals surface area (Å²) in [5, 5.41) is 9.42. The largest absolute Gasteiger partial charge is 0.394 e. The number of nitrogens with zero attached hydrogens (tertiary/aromatic N) is 1. The van der Waals surface area contributed by atoms with Crippen LogP contribution in [-0.2, 0) is 6.54 Å². The van der Waals surface area contributed by atoms with E-state index in [1.54, 1.807) is 0 Å². The van der Waals surface area contributed by atoms with E-state index in [1.807, 2.05) is 18.7 Å². The molecule has 0 bridgehead atoms. The average molecular weight is 256 g/mol. The first-order chi connectivity index (χ1) is 8.40. The van der Waals surface area contributed by atoms with Crippen LogP contribution in [0.15, 0.2) is 12.1 Å². The predicted molar refractivity (Wildman–Crippen MR) is 64.9 cm³/mol. The zero-order valence-electron chi connectivity index (χ0n) is 10.6. The molecule has 3 N–H and O–H groups in total. The molecule has 0 aromatic heterocycles. The van der Waals surface area contributed by atoms with Gasteiger partial charge in [-0.15, -0.1) is 0 Å². The SMILES string of the molecule is CC(C)(CO)N1Cc2c(F)cc(F)cc2C1CN. The highest BCUT2D eigenvalue weighted by atomic mass is 19.1. The van der Waals surface area contributed by atoms with Crippen LogP contribution < -0.4 is 5.73 Å². The Kier molecular flexibility index (Phi) is 3.40. The second kappa shape index (κ2) is 4.57. The van der Waals surface area contributed by atoms with Crippen LogP contribution >= 0.6 is 0 Å². The highest BCUT2D eigenvalue weighted by molar-refractivity contribution is 5.37. The highest BCUT2D eigenvalue weighted by Gasteiger charge is 2.39. The molecule has 1 aromatic carbocycles. The molecule has 0 saturated carbocycles. The fourth-order valence-electron chi connectivity index (χ4n) is 2.52. The van der Waals surface area contributed by atoms with E-state index < -0.39 is 17.2 Å². The molecule has 0 amide bonds. The van der Waals surface area contributed by atoms with Crippen molar-refractivity contribution < 1.29 is 13.9 Å². The fraction of sp³-hybridized carbons (Fsp3) is 0.538. The number of hydrogen-bond acceptors (Lipinski definition) is 3. The number of halogens is 2. The summed E-state index contributed by atoms with van der Waals surface area (Å²) in [6, 6.07) is 1.97. The van der Waals surface area contributed by atoms with Gasteiger partial charge in [-0.2, -0.15) is 0 Å². The number of benzene rings is 1. The molecule has 3 nitrogen and oxygen atoms in total. The first kappa shape index (κ1) is 13.4. The summed E-state index contributed by atoms with van der Waals surface area (Å²) in [6.45, 7) is 4.25. The molecular formula is C13H18F2N2O. The standard InChI is InChI=1S/C13H18F2N2O/c1-13(2,7-18)17-6-10-9(12(17)5-16)3-8(14)4-11(10)15/h3-4,12,18H,5-7,16H2,1-2H3. The van der Waals surface area contributed by atoms with E-state index in [0.717, 1.165) is 6.07 Å². The summed E-state index contributed by atoms with van der Waals surface area (Å²) in [4.78, 5) is 1.92. The Morgan fingerprint density at radius 2 is 2.11 bits per heavy atom. The first-order valence-electron chi connectivity index (χ1n) is 5.96. The molecule has 0 saturated heterocycles. The van der Waals surface area contributed by atoms with Gasteiger partial charge in [0.15, 0.2) is 0 Å². The van der Waals surface area contributed by atoms with Gasteiger partial charge in [0, 0.05) is 36.3 Å². The summed E-state index contributed by atoms with van der Waals surface area (Å²) >= 11 is 0. The normalized spacial score (nSPS) is 20.2. The minimum absolute atomic E-state index is 0.0679. The first-order valence-corrected chi connectivity index (χ1v) is 5.96. The minimum Gasteiger partial charge on any atom is -0.394 e. The number of hydrogen-bond donors (Lipinski definition) is 2. The smallest absolute Gasteiger partial charge is 0.130 e. The summed E-state index contributed by atoms with van der Waals surface area (Å²) < 4.78 is 27.0. The summed E-state index contributed by atoms with van der Waals surface area (Å²) in [5.41, 5.74) is 6.27. The van der Waals surface area contributed by atoms with Gasteiger partial charge in [-0.05, 0) is 25.5 Å². The summed E-state index contributed by atoms with van der Waals surface area (Å²) in [5.74, 6) is -1.13. The van der Waals surface area contributed by atoms with Gasteiger partial charge >= 0.3 is 0 Å². The van der Waals surface area contributed by atoms with Crippen LogP contribution in [0, 0.1) is 11.6 Å². The molecule has 1 heterocycles. The predicted octanol–water partition coefficient (Wildman–Crippen LogP) is 1.55. The van der Waals surface area contributed by atoms with Gasteiger partial charge in [0.2, 0.25) is 0 Å². The van der Waals surface area contributed by atoms with E-state index in [-0.39, 0.29) is 19.2 Å². The molecule has 0 radical (unpaired) electrons. The number of aliphatic hydroxyl groups excluding tert-OH is 1. The lowest BCUT2D eigenvalue weighted by molar-refractivity contribution is 0.0289. The minimum atomic E-state index is -0.589. The van der Waals surface area contributed by atoms with Crippen LogP contribution in [0.2, 0.25) is 0 Å². The Bertz CT molecular complexity index is 463. The van der Waals surface area contributed by atoms with E-state index in [2.05, 4.69) is 0 Å². The average Bonchev–Trinajstić information content (AvgIpc) is 2.68. The van der Waals surface area contributed by atoms with E-state index in [1.165, 1.54) is 6.07 Å². The van der Waals surface area contributed by atoms with Gasteiger partial charge in [-0.1, -0.05) is 0 Å². The van der Waals surface area contributed by atoms with Gasteiger partial charge in [0.25, 0.3) is 0 Å². The van der Waals surface area contributed by atoms with Crippen molar-refractivity contribution in [3.8, 4) is 0 Å². The molecule has 1 aliphatic rings. The lowest BCUT2D eigenvalue weighted by atomic mass is 10.0. The maximum atomic E-state index is 13.8. The molecular weight excluding hydrogens is 238 g/mol. The van der Waals surface area contributed by atoms with Crippen molar-refractivity contribution in [1.82, 2.24) is 4.90 Å². The third-order valence-electron chi connectivity index (χ3n) is 3.65. The molecule has 0 aliphatic carbocycles. The van der Waals surface area contributed by atoms with Gasteiger partial charge in [0.1, 0.15) is 11.6 Å². The summed E-state index contributed by atoms with van der Waals surface area (Å²) in [6.07, 6.45) is 0. The van der Waals surface area contributed by atoms with Crippen LogP contribution in [0.1, 0.15) is 31.0 Å². The lowest BCUT2D eigenvalue weighted by Gasteiger charge is -2.38. The van der Waals surface area contributed by atoms with E-state index >= 15 is 0 Å². The lowest BCUT2D eigenvalue weighted by Crippen LogP contribution is -2.47. The van der Waals surface area contributed by atoms with E-state index in [9.17, 15) is 13.9 Å². The van der Waals surface area contributed by atoms with Crippen molar-refractivity contribution in [3.05, 3.63) is 34.9 Å². The van der Waals surface area contributed by atoms with Crippen molar-refractivity contribution in [2.24, 2.45) is 5.73 Å². The molecule has 5 heteroatoms. The van der Waals surface area contributed by atoms with Gasteiger partial charge in [-0.3, -0.25) is 4.90 Å². The van der Waals surface area contributed by atoms with E-state index in [0.29, 0.717) is 17.7 Å². The summed E-state index contributed by atoms with van der Waals surface area (Å²) in [7, 11) is 0. The van der Waals surface area contributed by atoms with Crippen molar-refractivity contribution >= 4 is 0 Å². The Morgan fingerprint density at radius 3 is 2.67 bits per heavy atom. The van der Waals surface area contributed by atoms with Crippen LogP contribution in [0.4, 0.5) is 8.78 Å². The Labute approximate surface area is 105 Å². The van der Waals surface area contributed by atoms with Gasteiger partial charge in [0.05, 0.1) is 6.61 Å². The third kappa shape index (κ3) is 2.02. The van der Waals surface area contributed by atoms with Crippen molar-refractivity contribution in [1.29, 1.82) is 0 Å². The Balaban J connectivity index is 2.46. The van der Waals surface area contributed by atoms with E-state index in [4.69, 9.17) is 5.73 Å². The van der Waals surface area contributed by atoms with Crippen LogP contribution in [-0.4, -0.2) is 28.7 Å². The van der Waals surface area contributed by atoms with Crippen LogP contribution in [0.25, 0.3) is 0 Å². The molecule has 100 valence electrons. The Hall–Kier alpha value is -1.04. The van der Waals surface area contributed by atoms with Crippen molar-refractivity contribution in [2.75, 3.05) is 13.2 Å². The maximum absolute atomic E-state index is 13.8. The second-order valence-corrected chi connectivity index (χ2v) is 5.31. The number of fused-ring (bicyclic) bond motifs is 1. The zero-order chi connectivity index (χ0) is 13.5. The van der Waals surface area contributed by atoms with Gasteiger partial charge in [-0.25, -0.2) is 8.78 Å². The number of nitrogens with two attached hydrogens (primary N) is 1. The molecule has 0 spiro atoms. The number of aliphatic hydroxyl groups is 1. The molecule has 2 rings (SSSR count). The molecule has 18 heavy (non-hydrogen) atoms. The van der Waals surface area contributed by atoms with Gasteiger partial charge < -0.3 is 10.8 Å².